The first-order valence-electron chi connectivity index (χ1n) is 17.4. The number of aliphatic hydroxyl groups is 1. The summed E-state index contributed by atoms with van der Waals surface area (Å²) in [5.41, 5.74) is 4.02. The van der Waals surface area contributed by atoms with Crippen LogP contribution in [0.2, 0.25) is 0 Å². The number of halogens is 4. The molecule has 4 aliphatic heterocycles. The molecule has 2 fully saturated rings. The summed E-state index contributed by atoms with van der Waals surface area (Å²) in [6.07, 6.45) is -4.01. The molecule has 7 rings (SSSR count). The fourth-order valence-electron chi connectivity index (χ4n) is 8.17. The molecule has 16 heteroatoms. The maximum absolute atomic E-state index is 15.8. The minimum absolute atomic E-state index is 0.0133. The Morgan fingerprint density at radius 1 is 1.25 bits per heavy atom. The van der Waals surface area contributed by atoms with Crippen molar-refractivity contribution in [3.63, 3.8) is 0 Å². The van der Waals surface area contributed by atoms with Gasteiger partial charge in [0, 0.05) is 43.8 Å². The Morgan fingerprint density at radius 3 is 2.74 bits per heavy atom. The lowest BCUT2D eigenvalue weighted by Crippen LogP contribution is -2.44. The number of nitrogens with two attached hydrogens (primary N) is 1. The summed E-state index contributed by atoms with van der Waals surface area (Å²) in [6.45, 7) is 9.17. The van der Waals surface area contributed by atoms with Crippen molar-refractivity contribution in [1.82, 2.24) is 29.5 Å². The van der Waals surface area contributed by atoms with Gasteiger partial charge in [0.05, 0.1) is 66.1 Å². The number of benzene rings is 1. The van der Waals surface area contributed by atoms with E-state index in [4.69, 9.17) is 25.2 Å². The number of β-amino-alcohol motifs (C(OH)–C–C–N with tert-alkyl or cyclic N) is 1. The highest BCUT2D eigenvalue weighted by Gasteiger charge is 2.47. The van der Waals surface area contributed by atoms with E-state index in [-0.39, 0.29) is 62.4 Å². The van der Waals surface area contributed by atoms with Crippen LogP contribution in [0.5, 0.6) is 6.01 Å². The normalized spacial score (nSPS) is 24.2. The second-order valence-electron chi connectivity index (χ2n) is 14.9. The number of anilines is 2. The van der Waals surface area contributed by atoms with E-state index in [1.54, 1.807) is 36.7 Å². The van der Waals surface area contributed by atoms with Gasteiger partial charge in [-0.25, -0.2) is 4.39 Å². The highest BCUT2D eigenvalue weighted by Crippen LogP contribution is 2.45. The first-order valence-corrected chi connectivity index (χ1v) is 17.4. The lowest BCUT2D eigenvalue weighted by atomic mass is 9.90. The van der Waals surface area contributed by atoms with Crippen LogP contribution in [0.15, 0.2) is 24.3 Å². The summed E-state index contributed by atoms with van der Waals surface area (Å²) in [5, 5.41) is 16.0. The van der Waals surface area contributed by atoms with Crippen LogP contribution in [0, 0.1) is 17.7 Å². The minimum Gasteiger partial charge on any atom is -0.461 e. The van der Waals surface area contributed by atoms with E-state index in [1.165, 1.54) is 11.8 Å². The second-order valence-corrected chi connectivity index (χ2v) is 14.9. The quantitative estimate of drug-likeness (QED) is 0.164. The Kier molecular flexibility index (Phi) is 9.19. The molecule has 3 atom stereocenters. The largest absolute Gasteiger partial charge is 0.461 e. The van der Waals surface area contributed by atoms with E-state index in [9.17, 15) is 23.1 Å². The summed E-state index contributed by atoms with van der Waals surface area (Å²) < 4.78 is 73.7. The number of fused-ring (bicyclic) bond motifs is 3. The molecule has 1 amide bonds. The lowest BCUT2D eigenvalue weighted by molar-refractivity contribution is -0.140. The van der Waals surface area contributed by atoms with E-state index in [2.05, 4.69) is 28.4 Å². The van der Waals surface area contributed by atoms with Gasteiger partial charge in [0.25, 0.3) is 5.91 Å². The van der Waals surface area contributed by atoms with Crippen LogP contribution in [0.3, 0.4) is 0 Å². The van der Waals surface area contributed by atoms with Gasteiger partial charge in [0.2, 0.25) is 0 Å². The van der Waals surface area contributed by atoms with Gasteiger partial charge < -0.3 is 30.1 Å². The minimum atomic E-state index is -4.97. The molecule has 0 radical (unpaired) electrons. The SMILES string of the molecule is C=C1CN2CCC[C@]2(COc2nc3c(c(N4Cc5cc(C(=O)N(C)C)nn5C[C@@](C)(O)C4)n2)CO[C@@H](c2c(F)c(N)cc(C#CC)c2C(F)(F)F)C3)C1. The van der Waals surface area contributed by atoms with E-state index >= 15 is 4.39 Å². The number of alkyl halides is 3. The van der Waals surface area contributed by atoms with Crippen LogP contribution < -0.4 is 15.4 Å². The molecule has 282 valence electrons. The standard InChI is InChI=1S/C37H42F4N8O4/c1-6-8-22-11-25(42)31(38)29(30(22)37(39,40)41)28-13-26-24(17-52-28)32(44-34(43-26)53-20-36-9-7-10-48(36)15-21(2)14-36)47-16-23-12-27(33(50)46(4)5)45-49(23)19-35(3,51)18-47/h11-12,28,51H,2,7,9-10,13-20,42H2,1,3-5H3/t28-,35+,36-/m1/s1. The molecule has 2 saturated heterocycles. The molecule has 6 heterocycles. The monoisotopic (exact) mass is 738 g/mol. The molecule has 0 saturated carbocycles. The van der Waals surface area contributed by atoms with Crippen molar-refractivity contribution in [2.24, 2.45) is 0 Å². The molecule has 0 aliphatic carbocycles. The summed E-state index contributed by atoms with van der Waals surface area (Å²) in [7, 11) is 3.24. The van der Waals surface area contributed by atoms with Crippen molar-refractivity contribution in [1.29, 1.82) is 0 Å². The number of aromatic nitrogens is 4. The third kappa shape index (κ3) is 6.81. The Hall–Kier alpha value is -4.72. The van der Waals surface area contributed by atoms with Crippen molar-refractivity contribution in [2.75, 3.05) is 51.0 Å². The first-order chi connectivity index (χ1) is 25.0. The van der Waals surface area contributed by atoms with Gasteiger partial charge in [-0.3, -0.25) is 14.4 Å². The zero-order valence-corrected chi connectivity index (χ0v) is 30.1. The van der Waals surface area contributed by atoms with Crippen LogP contribution in [-0.2, 0) is 37.0 Å². The summed E-state index contributed by atoms with van der Waals surface area (Å²) in [4.78, 5) is 27.9. The van der Waals surface area contributed by atoms with Gasteiger partial charge in [0.1, 0.15) is 12.4 Å². The van der Waals surface area contributed by atoms with Crippen LogP contribution >= 0.6 is 0 Å². The topological polar surface area (TPSA) is 135 Å². The number of nitrogen functional groups attached to an aromatic ring is 1. The first kappa shape index (κ1) is 36.6. The number of carbonyl (C=O) groups excluding carboxylic acids is 1. The molecule has 0 unspecified atom stereocenters. The van der Waals surface area contributed by atoms with Crippen LogP contribution in [0.4, 0.5) is 29.1 Å². The highest BCUT2D eigenvalue weighted by atomic mass is 19.4. The van der Waals surface area contributed by atoms with Gasteiger partial charge >= 0.3 is 12.2 Å². The fraction of sp³-hybridized carbons (Fsp3) is 0.514. The second kappa shape index (κ2) is 13.3. The molecule has 1 aromatic carbocycles. The van der Waals surface area contributed by atoms with E-state index in [0.29, 0.717) is 22.8 Å². The fourth-order valence-corrected chi connectivity index (χ4v) is 8.17. The maximum atomic E-state index is 15.8. The van der Waals surface area contributed by atoms with Gasteiger partial charge in [-0.15, -0.1) is 5.92 Å². The molecule has 0 bridgehead atoms. The van der Waals surface area contributed by atoms with E-state index in [0.717, 1.165) is 44.0 Å². The predicted molar refractivity (Wildman–Crippen MR) is 186 cm³/mol. The van der Waals surface area contributed by atoms with Crippen LogP contribution in [0.1, 0.15) is 83.3 Å². The number of hydrogen-bond acceptors (Lipinski definition) is 10. The molecule has 0 spiro atoms. The number of carbonyl (C=O) groups is 1. The summed E-state index contributed by atoms with van der Waals surface area (Å²) >= 11 is 0. The maximum Gasteiger partial charge on any atom is 0.418 e. The smallest absolute Gasteiger partial charge is 0.418 e. The third-order valence-corrected chi connectivity index (χ3v) is 10.4. The predicted octanol–water partition coefficient (Wildman–Crippen LogP) is 4.24. The highest BCUT2D eigenvalue weighted by molar-refractivity contribution is 5.92. The molecule has 3 N–H and O–H groups in total. The van der Waals surface area contributed by atoms with Gasteiger partial charge in [-0.05, 0) is 51.8 Å². The lowest BCUT2D eigenvalue weighted by Gasteiger charge is -2.34. The molecule has 3 aromatic rings. The third-order valence-electron chi connectivity index (χ3n) is 10.4. The van der Waals surface area contributed by atoms with Crippen molar-refractivity contribution in [2.45, 2.75) is 82.6 Å². The summed E-state index contributed by atoms with van der Waals surface area (Å²) in [6, 6.07) is 2.53. The van der Waals surface area contributed by atoms with Crippen molar-refractivity contribution in [3.8, 4) is 17.9 Å². The number of ether oxygens (including phenoxy) is 2. The van der Waals surface area contributed by atoms with Gasteiger partial charge in [-0.2, -0.15) is 28.2 Å². The molecule has 4 aliphatic rings. The van der Waals surface area contributed by atoms with Gasteiger partial charge in [0.15, 0.2) is 11.5 Å². The molecular weight excluding hydrogens is 696 g/mol. The average molecular weight is 739 g/mol. The number of hydrogen-bond donors (Lipinski definition) is 2. The Balaban J connectivity index is 1.32. The Labute approximate surface area is 304 Å². The number of amides is 1. The van der Waals surface area contributed by atoms with Gasteiger partial charge in [-0.1, -0.05) is 18.1 Å². The summed E-state index contributed by atoms with van der Waals surface area (Å²) in [5.74, 6) is 3.67. The average Bonchev–Trinajstić information content (AvgIpc) is 3.72. The zero-order valence-electron chi connectivity index (χ0n) is 30.1. The van der Waals surface area contributed by atoms with Crippen molar-refractivity contribution < 1.29 is 36.9 Å². The number of nitrogens with zero attached hydrogens (tertiary/aromatic N) is 7. The van der Waals surface area contributed by atoms with E-state index < -0.39 is 46.1 Å². The van der Waals surface area contributed by atoms with Crippen LogP contribution in [0.25, 0.3) is 0 Å². The van der Waals surface area contributed by atoms with Crippen molar-refractivity contribution >= 4 is 17.4 Å². The Morgan fingerprint density at radius 2 is 2.02 bits per heavy atom. The van der Waals surface area contributed by atoms with Crippen LogP contribution in [-0.4, -0.2) is 92.0 Å². The molecular formula is C37H42F4N8O4. The van der Waals surface area contributed by atoms with E-state index in [1.807, 2.05) is 0 Å². The molecule has 53 heavy (non-hydrogen) atoms. The number of rotatable bonds is 6. The Bertz CT molecular complexity index is 2050. The zero-order chi connectivity index (χ0) is 38.0. The molecule has 12 nitrogen and oxygen atoms in total. The van der Waals surface area contributed by atoms with Crippen molar-refractivity contribution in [3.05, 3.63) is 69.4 Å². The molecule has 2 aromatic heterocycles.